The molecule has 0 aliphatic rings. The van der Waals surface area contributed by atoms with Gasteiger partial charge in [0.15, 0.2) is 0 Å². The summed E-state index contributed by atoms with van der Waals surface area (Å²) in [6.45, 7) is 0.651. The van der Waals surface area contributed by atoms with Crippen LogP contribution in [0.15, 0.2) is 42.3 Å². The van der Waals surface area contributed by atoms with Crippen molar-refractivity contribution < 1.29 is 0 Å². The summed E-state index contributed by atoms with van der Waals surface area (Å²) in [7, 11) is 0. The van der Waals surface area contributed by atoms with E-state index in [-0.39, 0.29) is 0 Å². The van der Waals surface area contributed by atoms with Crippen LogP contribution >= 0.6 is 22.9 Å². The Morgan fingerprint density at radius 1 is 1.22 bits per heavy atom. The van der Waals surface area contributed by atoms with Crippen LogP contribution in [0, 0.1) is 0 Å². The first-order valence-corrected chi connectivity index (χ1v) is 6.60. The first-order chi connectivity index (χ1) is 8.81. The van der Waals surface area contributed by atoms with Gasteiger partial charge >= 0.3 is 0 Å². The fourth-order valence-electron chi connectivity index (χ4n) is 1.59. The second-order valence-electron chi connectivity index (χ2n) is 3.73. The summed E-state index contributed by atoms with van der Waals surface area (Å²) in [6, 6.07) is 7.67. The molecule has 0 atom stereocenters. The first-order valence-electron chi connectivity index (χ1n) is 5.34. The molecule has 2 aromatic heterocycles. The standard InChI is InChI=1S/C12H9ClN4S/c13-10-3-1-9(2-4-10)11-6-18-12(16-11)5-17-8-14-7-15-17/h1-4,6-8H,5H2. The van der Waals surface area contributed by atoms with Crippen molar-refractivity contribution in [2.45, 2.75) is 6.54 Å². The summed E-state index contributed by atoms with van der Waals surface area (Å²) in [5.41, 5.74) is 2.03. The van der Waals surface area contributed by atoms with E-state index in [4.69, 9.17) is 11.6 Å². The highest BCUT2D eigenvalue weighted by molar-refractivity contribution is 7.09. The number of halogens is 1. The van der Waals surface area contributed by atoms with Crippen molar-refractivity contribution in [3.05, 3.63) is 52.3 Å². The lowest BCUT2D eigenvalue weighted by Gasteiger charge is -1.97. The molecule has 18 heavy (non-hydrogen) atoms. The minimum absolute atomic E-state index is 0.651. The second kappa shape index (κ2) is 4.88. The maximum Gasteiger partial charge on any atom is 0.137 e. The van der Waals surface area contributed by atoms with Crippen molar-refractivity contribution in [1.29, 1.82) is 0 Å². The summed E-state index contributed by atoms with van der Waals surface area (Å²) in [4.78, 5) is 8.48. The quantitative estimate of drug-likeness (QED) is 0.738. The fourth-order valence-corrected chi connectivity index (χ4v) is 2.51. The number of thiazole rings is 1. The zero-order chi connectivity index (χ0) is 12.4. The molecule has 2 heterocycles. The lowest BCUT2D eigenvalue weighted by Crippen LogP contribution is -1.99. The molecule has 0 fully saturated rings. The molecule has 0 unspecified atom stereocenters. The van der Waals surface area contributed by atoms with Crippen molar-refractivity contribution in [3.63, 3.8) is 0 Å². The van der Waals surface area contributed by atoms with Gasteiger partial charge in [0.05, 0.1) is 12.2 Å². The molecular weight excluding hydrogens is 268 g/mol. The van der Waals surface area contributed by atoms with Gasteiger partial charge in [0.1, 0.15) is 17.7 Å². The molecule has 0 saturated carbocycles. The van der Waals surface area contributed by atoms with Gasteiger partial charge in [0.2, 0.25) is 0 Å². The third-order valence-electron chi connectivity index (χ3n) is 2.46. The van der Waals surface area contributed by atoms with E-state index in [1.807, 2.05) is 29.6 Å². The number of hydrogen-bond acceptors (Lipinski definition) is 4. The third kappa shape index (κ3) is 2.42. The summed E-state index contributed by atoms with van der Waals surface area (Å²) in [5, 5.41) is 7.84. The lowest BCUT2D eigenvalue weighted by atomic mass is 10.2. The van der Waals surface area contributed by atoms with Gasteiger partial charge in [0, 0.05) is 16.0 Å². The predicted molar refractivity (Wildman–Crippen MR) is 71.7 cm³/mol. The Balaban J connectivity index is 1.83. The molecule has 0 amide bonds. The molecule has 0 spiro atoms. The van der Waals surface area contributed by atoms with E-state index in [0.717, 1.165) is 21.3 Å². The highest BCUT2D eigenvalue weighted by Gasteiger charge is 2.05. The minimum Gasteiger partial charge on any atom is -0.246 e. The molecule has 90 valence electrons. The Morgan fingerprint density at radius 3 is 2.78 bits per heavy atom. The molecular formula is C12H9ClN4S. The van der Waals surface area contributed by atoms with Crippen molar-refractivity contribution in [3.8, 4) is 11.3 Å². The number of nitrogens with zero attached hydrogens (tertiary/aromatic N) is 4. The largest absolute Gasteiger partial charge is 0.246 e. The van der Waals surface area contributed by atoms with E-state index in [0.29, 0.717) is 6.54 Å². The Hall–Kier alpha value is -1.72. The summed E-state index contributed by atoms with van der Waals surface area (Å²) in [6.07, 6.45) is 3.21. The highest BCUT2D eigenvalue weighted by Crippen LogP contribution is 2.23. The Kier molecular flexibility index (Phi) is 3.08. The Labute approximate surface area is 113 Å². The summed E-state index contributed by atoms with van der Waals surface area (Å²) >= 11 is 7.48. The smallest absolute Gasteiger partial charge is 0.137 e. The van der Waals surface area contributed by atoms with Gasteiger partial charge in [-0.2, -0.15) is 5.10 Å². The molecule has 4 nitrogen and oxygen atoms in total. The van der Waals surface area contributed by atoms with Crippen LogP contribution in [0.25, 0.3) is 11.3 Å². The van der Waals surface area contributed by atoms with Crippen molar-refractivity contribution in [2.24, 2.45) is 0 Å². The minimum atomic E-state index is 0.651. The second-order valence-corrected chi connectivity index (χ2v) is 5.11. The van der Waals surface area contributed by atoms with E-state index >= 15 is 0 Å². The van der Waals surface area contributed by atoms with Crippen LogP contribution in [0.1, 0.15) is 5.01 Å². The Morgan fingerprint density at radius 2 is 2.06 bits per heavy atom. The van der Waals surface area contributed by atoms with Crippen LogP contribution in [-0.2, 0) is 6.54 Å². The van der Waals surface area contributed by atoms with Crippen LogP contribution in [0.4, 0.5) is 0 Å². The van der Waals surface area contributed by atoms with Crippen molar-refractivity contribution in [1.82, 2.24) is 19.7 Å². The summed E-state index contributed by atoms with van der Waals surface area (Å²) < 4.78 is 1.75. The van der Waals surface area contributed by atoms with Gasteiger partial charge in [-0.15, -0.1) is 11.3 Å². The molecule has 0 bridgehead atoms. The van der Waals surface area contributed by atoms with Gasteiger partial charge in [-0.05, 0) is 12.1 Å². The SMILES string of the molecule is Clc1ccc(-c2csc(Cn3cncn3)n2)cc1. The Bertz CT molecular complexity index is 630. The lowest BCUT2D eigenvalue weighted by molar-refractivity contribution is 0.682. The van der Waals surface area contributed by atoms with E-state index in [2.05, 4.69) is 15.1 Å². The number of aromatic nitrogens is 4. The first kappa shape index (κ1) is 11.4. The van der Waals surface area contributed by atoms with Crippen molar-refractivity contribution >= 4 is 22.9 Å². The molecule has 0 N–H and O–H groups in total. The topological polar surface area (TPSA) is 43.6 Å². The van der Waals surface area contributed by atoms with Gasteiger partial charge in [0.25, 0.3) is 0 Å². The average molecular weight is 277 g/mol. The summed E-state index contributed by atoms with van der Waals surface area (Å²) in [5.74, 6) is 0. The monoisotopic (exact) mass is 276 g/mol. The van der Waals surface area contributed by atoms with Crippen molar-refractivity contribution in [2.75, 3.05) is 0 Å². The molecule has 0 aliphatic heterocycles. The maximum absolute atomic E-state index is 5.86. The fraction of sp³-hybridized carbons (Fsp3) is 0.0833. The highest BCUT2D eigenvalue weighted by atomic mass is 35.5. The molecule has 0 aliphatic carbocycles. The van der Waals surface area contributed by atoms with Gasteiger partial charge < -0.3 is 0 Å². The van der Waals surface area contributed by atoms with Crippen LogP contribution in [0.5, 0.6) is 0 Å². The van der Waals surface area contributed by atoms with Gasteiger partial charge in [-0.1, -0.05) is 23.7 Å². The zero-order valence-electron chi connectivity index (χ0n) is 9.32. The predicted octanol–water partition coefficient (Wildman–Crippen LogP) is 3.10. The van der Waals surface area contributed by atoms with Crippen LogP contribution in [0.2, 0.25) is 5.02 Å². The van der Waals surface area contributed by atoms with Crippen LogP contribution in [0.3, 0.4) is 0 Å². The van der Waals surface area contributed by atoms with E-state index in [9.17, 15) is 0 Å². The number of benzene rings is 1. The maximum atomic E-state index is 5.86. The zero-order valence-corrected chi connectivity index (χ0v) is 10.9. The molecule has 1 aromatic carbocycles. The molecule has 3 aromatic rings. The normalized spacial score (nSPS) is 10.7. The average Bonchev–Trinajstić information content (AvgIpc) is 3.02. The van der Waals surface area contributed by atoms with Crippen LogP contribution < -0.4 is 0 Å². The molecule has 6 heteroatoms. The molecule has 0 saturated heterocycles. The van der Waals surface area contributed by atoms with E-state index < -0.39 is 0 Å². The third-order valence-corrected chi connectivity index (χ3v) is 3.54. The molecule has 3 rings (SSSR count). The van der Waals surface area contributed by atoms with E-state index in [1.54, 1.807) is 22.3 Å². The number of hydrogen-bond donors (Lipinski definition) is 0. The van der Waals surface area contributed by atoms with Gasteiger partial charge in [-0.25, -0.2) is 14.6 Å². The van der Waals surface area contributed by atoms with Gasteiger partial charge in [-0.3, -0.25) is 0 Å². The van der Waals surface area contributed by atoms with Crippen LogP contribution in [-0.4, -0.2) is 19.7 Å². The number of rotatable bonds is 3. The molecule has 0 radical (unpaired) electrons. The van der Waals surface area contributed by atoms with E-state index in [1.165, 1.54) is 6.33 Å².